The molecule has 4 heterocycles. The molecule has 2 amide bonds. The van der Waals surface area contributed by atoms with Crippen LogP contribution in [-0.2, 0) is 11.2 Å². The third-order valence-electron chi connectivity index (χ3n) is 5.75. The van der Waals surface area contributed by atoms with E-state index in [0.717, 1.165) is 37.9 Å². The van der Waals surface area contributed by atoms with Gasteiger partial charge in [-0.05, 0) is 26.2 Å². The Morgan fingerprint density at radius 3 is 3.00 bits per heavy atom. The SMILES string of the molecule is Cc1cc(C(=O)N2CCC[C@@]3(CCC(=O)N(CCc4cnc[nH]4)C3)C2)no1. The van der Waals surface area contributed by atoms with Gasteiger partial charge in [-0.25, -0.2) is 4.98 Å². The molecule has 144 valence electrons. The van der Waals surface area contributed by atoms with Crippen molar-refractivity contribution in [1.29, 1.82) is 0 Å². The summed E-state index contributed by atoms with van der Waals surface area (Å²) in [7, 11) is 0. The summed E-state index contributed by atoms with van der Waals surface area (Å²) in [6.45, 7) is 4.58. The van der Waals surface area contributed by atoms with Gasteiger partial charge >= 0.3 is 0 Å². The van der Waals surface area contributed by atoms with Crippen LogP contribution < -0.4 is 0 Å². The highest BCUT2D eigenvalue weighted by Gasteiger charge is 2.43. The van der Waals surface area contributed by atoms with Crippen molar-refractivity contribution in [1.82, 2.24) is 24.9 Å². The number of aromatic amines is 1. The molecule has 1 spiro atoms. The van der Waals surface area contributed by atoms with E-state index in [1.165, 1.54) is 0 Å². The molecule has 2 fully saturated rings. The summed E-state index contributed by atoms with van der Waals surface area (Å²) in [6, 6.07) is 1.69. The molecule has 0 radical (unpaired) electrons. The number of likely N-dealkylation sites (tertiary alicyclic amines) is 2. The van der Waals surface area contributed by atoms with Crippen LogP contribution in [0.15, 0.2) is 23.1 Å². The Morgan fingerprint density at radius 1 is 1.37 bits per heavy atom. The minimum atomic E-state index is -0.0770. The van der Waals surface area contributed by atoms with Gasteiger partial charge in [-0.1, -0.05) is 5.16 Å². The zero-order valence-corrected chi connectivity index (χ0v) is 15.6. The number of aryl methyl sites for hydroxylation is 1. The lowest BCUT2D eigenvalue weighted by molar-refractivity contribution is -0.138. The van der Waals surface area contributed by atoms with E-state index in [4.69, 9.17) is 4.52 Å². The fraction of sp³-hybridized carbons (Fsp3) is 0.579. The Bertz CT molecular complexity index is 815. The Morgan fingerprint density at radius 2 is 2.26 bits per heavy atom. The molecule has 1 atom stereocenters. The minimum absolute atomic E-state index is 0.0193. The third kappa shape index (κ3) is 3.74. The lowest BCUT2D eigenvalue weighted by Crippen LogP contribution is -2.55. The Hall–Kier alpha value is -2.64. The van der Waals surface area contributed by atoms with Crippen molar-refractivity contribution in [3.8, 4) is 0 Å². The molecule has 2 aliphatic rings. The highest BCUT2D eigenvalue weighted by atomic mass is 16.5. The van der Waals surface area contributed by atoms with Gasteiger partial charge in [0.2, 0.25) is 5.91 Å². The van der Waals surface area contributed by atoms with Gasteiger partial charge in [0.15, 0.2) is 5.69 Å². The second-order valence-electron chi connectivity index (χ2n) is 7.80. The number of imidazole rings is 1. The number of carbonyl (C=O) groups is 2. The zero-order valence-electron chi connectivity index (χ0n) is 15.6. The molecule has 0 unspecified atom stereocenters. The maximum Gasteiger partial charge on any atom is 0.276 e. The monoisotopic (exact) mass is 371 g/mol. The Kier molecular flexibility index (Phi) is 4.72. The van der Waals surface area contributed by atoms with Crippen molar-refractivity contribution in [2.24, 2.45) is 5.41 Å². The van der Waals surface area contributed by atoms with E-state index in [0.29, 0.717) is 37.5 Å². The highest BCUT2D eigenvalue weighted by molar-refractivity contribution is 5.92. The fourth-order valence-corrected chi connectivity index (χ4v) is 4.33. The molecule has 1 N–H and O–H groups in total. The lowest BCUT2D eigenvalue weighted by atomic mass is 9.73. The molecule has 27 heavy (non-hydrogen) atoms. The third-order valence-corrected chi connectivity index (χ3v) is 5.75. The molecule has 8 nitrogen and oxygen atoms in total. The van der Waals surface area contributed by atoms with Crippen LogP contribution in [0.4, 0.5) is 0 Å². The van der Waals surface area contributed by atoms with Crippen molar-refractivity contribution in [2.45, 2.75) is 39.0 Å². The summed E-state index contributed by atoms with van der Waals surface area (Å²) in [5.41, 5.74) is 1.38. The van der Waals surface area contributed by atoms with Gasteiger partial charge in [-0.2, -0.15) is 0 Å². The highest BCUT2D eigenvalue weighted by Crippen LogP contribution is 2.39. The Balaban J connectivity index is 1.43. The summed E-state index contributed by atoms with van der Waals surface area (Å²) in [4.78, 5) is 36.1. The normalized spacial score (nSPS) is 23.2. The van der Waals surface area contributed by atoms with Crippen LogP contribution in [0.25, 0.3) is 0 Å². The average Bonchev–Trinajstić information content (AvgIpc) is 3.34. The molecule has 8 heteroatoms. The van der Waals surface area contributed by atoms with Crippen LogP contribution in [0.5, 0.6) is 0 Å². The second kappa shape index (κ2) is 7.17. The first-order valence-electron chi connectivity index (χ1n) is 9.52. The summed E-state index contributed by atoms with van der Waals surface area (Å²) < 4.78 is 5.05. The summed E-state index contributed by atoms with van der Waals surface area (Å²) >= 11 is 0. The predicted octanol–water partition coefficient (Wildman–Crippen LogP) is 1.79. The smallest absolute Gasteiger partial charge is 0.276 e. The number of nitrogens with zero attached hydrogens (tertiary/aromatic N) is 4. The van der Waals surface area contributed by atoms with E-state index in [-0.39, 0.29) is 17.2 Å². The van der Waals surface area contributed by atoms with Gasteiger partial charge in [0.25, 0.3) is 5.91 Å². The predicted molar refractivity (Wildman–Crippen MR) is 96.9 cm³/mol. The van der Waals surface area contributed by atoms with E-state index in [1.807, 2.05) is 9.80 Å². The number of amides is 2. The number of hydrogen-bond acceptors (Lipinski definition) is 5. The largest absolute Gasteiger partial charge is 0.361 e. The van der Waals surface area contributed by atoms with Crippen molar-refractivity contribution < 1.29 is 14.1 Å². The van der Waals surface area contributed by atoms with Crippen LogP contribution in [0.2, 0.25) is 0 Å². The van der Waals surface area contributed by atoms with Gasteiger partial charge in [0.1, 0.15) is 5.76 Å². The zero-order chi connectivity index (χ0) is 18.9. The number of carbonyl (C=O) groups excluding carboxylic acids is 2. The quantitative estimate of drug-likeness (QED) is 0.884. The molecule has 2 saturated heterocycles. The first kappa shape index (κ1) is 17.8. The van der Waals surface area contributed by atoms with Gasteiger partial charge in [0.05, 0.1) is 6.33 Å². The molecular weight excluding hydrogens is 346 g/mol. The van der Waals surface area contributed by atoms with Crippen LogP contribution in [-0.4, -0.2) is 62.9 Å². The summed E-state index contributed by atoms with van der Waals surface area (Å²) in [5, 5.41) is 3.87. The Labute approximate surface area is 157 Å². The molecule has 2 aliphatic heterocycles. The number of aromatic nitrogens is 3. The molecule has 0 aromatic carbocycles. The van der Waals surface area contributed by atoms with Gasteiger partial charge < -0.3 is 19.3 Å². The van der Waals surface area contributed by atoms with Crippen molar-refractivity contribution >= 4 is 11.8 Å². The molecule has 0 aliphatic carbocycles. The molecule has 2 aromatic rings. The molecular formula is C19H25N5O3. The van der Waals surface area contributed by atoms with Crippen LogP contribution >= 0.6 is 0 Å². The van der Waals surface area contributed by atoms with E-state index in [1.54, 1.807) is 25.5 Å². The van der Waals surface area contributed by atoms with Crippen molar-refractivity contribution in [3.05, 3.63) is 35.7 Å². The molecule has 2 aromatic heterocycles. The van der Waals surface area contributed by atoms with E-state index in [9.17, 15) is 9.59 Å². The average molecular weight is 371 g/mol. The van der Waals surface area contributed by atoms with Crippen LogP contribution in [0.1, 0.15) is 47.6 Å². The number of H-pyrrole nitrogens is 1. The second-order valence-corrected chi connectivity index (χ2v) is 7.80. The summed E-state index contributed by atoms with van der Waals surface area (Å²) in [6.07, 6.45) is 7.61. The molecule has 0 bridgehead atoms. The van der Waals surface area contributed by atoms with Crippen molar-refractivity contribution in [2.75, 3.05) is 26.2 Å². The standard InChI is InChI=1S/C19H25N5O3/c1-14-9-16(22-27-14)18(26)24-7-2-5-19(12-24)6-3-17(25)23(11-19)8-4-15-10-20-13-21-15/h9-10,13H,2-8,11-12H2,1H3,(H,20,21)/t19-/m0/s1. The number of nitrogens with one attached hydrogen (secondary N) is 1. The van der Waals surface area contributed by atoms with Gasteiger partial charge in [-0.3, -0.25) is 9.59 Å². The van der Waals surface area contributed by atoms with Gasteiger partial charge in [-0.15, -0.1) is 0 Å². The molecule has 4 rings (SSSR count). The van der Waals surface area contributed by atoms with Crippen LogP contribution in [0, 0.1) is 12.3 Å². The summed E-state index contributed by atoms with van der Waals surface area (Å²) in [5.74, 6) is 0.765. The maximum atomic E-state index is 12.8. The topological polar surface area (TPSA) is 95.3 Å². The molecule has 0 saturated carbocycles. The minimum Gasteiger partial charge on any atom is -0.361 e. The number of rotatable bonds is 4. The van der Waals surface area contributed by atoms with Crippen LogP contribution in [0.3, 0.4) is 0 Å². The van der Waals surface area contributed by atoms with E-state index < -0.39 is 0 Å². The van der Waals surface area contributed by atoms with E-state index >= 15 is 0 Å². The first-order chi connectivity index (χ1) is 13.0. The fourth-order valence-electron chi connectivity index (χ4n) is 4.33. The van der Waals surface area contributed by atoms with Gasteiger partial charge in [0, 0.05) is 62.4 Å². The van der Waals surface area contributed by atoms with Crippen molar-refractivity contribution in [3.63, 3.8) is 0 Å². The first-order valence-corrected chi connectivity index (χ1v) is 9.52. The van der Waals surface area contributed by atoms with E-state index in [2.05, 4.69) is 15.1 Å². The lowest BCUT2D eigenvalue weighted by Gasteiger charge is -2.48. The maximum absolute atomic E-state index is 12.8. The number of hydrogen-bond donors (Lipinski definition) is 1. The number of piperidine rings is 2.